The average molecular weight is 383 g/mol. The molecule has 0 aliphatic carbocycles. The molecule has 3 aromatic rings. The maximum atomic E-state index is 13.2. The number of benzene rings is 3. The fraction of sp³-hybridized carbons (Fsp3) is 0.143. The number of sulfonamides is 1. The van der Waals surface area contributed by atoms with Gasteiger partial charge in [0.15, 0.2) is 0 Å². The normalized spacial score (nSPS) is 11.5. The molecule has 0 aliphatic heterocycles. The first-order valence-corrected chi connectivity index (χ1v) is 9.89. The van der Waals surface area contributed by atoms with Crippen LogP contribution in [0.2, 0.25) is 0 Å². The van der Waals surface area contributed by atoms with E-state index in [4.69, 9.17) is 4.74 Å². The van der Waals surface area contributed by atoms with E-state index in [2.05, 4.69) is 0 Å². The van der Waals surface area contributed by atoms with Crippen LogP contribution < -0.4 is 4.74 Å². The summed E-state index contributed by atoms with van der Waals surface area (Å²) in [4.78, 5) is 0.143. The molecule has 27 heavy (non-hydrogen) atoms. The minimum atomic E-state index is -3.74. The number of methoxy groups -OCH3 is 1. The van der Waals surface area contributed by atoms with E-state index in [1.54, 1.807) is 7.11 Å². The van der Waals surface area contributed by atoms with E-state index in [9.17, 15) is 13.5 Å². The molecular weight excluding hydrogens is 362 g/mol. The predicted octanol–water partition coefficient (Wildman–Crippen LogP) is 3.79. The van der Waals surface area contributed by atoms with Crippen molar-refractivity contribution in [1.82, 2.24) is 4.31 Å². The Morgan fingerprint density at radius 1 is 0.815 bits per heavy atom. The molecule has 0 saturated heterocycles. The van der Waals surface area contributed by atoms with Gasteiger partial charge >= 0.3 is 0 Å². The van der Waals surface area contributed by atoms with Crippen LogP contribution in [0.4, 0.5) is 0 Å². The zero-order chi connectivity index (χ0) is 19.3. The molecule has 0 unspecified atom stereocenters. The molecule has 0 atom stereocenters. The molecule has 6 heteroatoms. The molecule has 3 rings (SSSR count). The number of nitrogens with zero attached hydrogens (tertiary/aromatic N) is 1. The maximum Gasteiger partial charge on any atom is 0.243 e. The third-order valence-corrected chi connectivity index (χ3v) is 6.00. The molecule has 0 aliphatic rings. The lowest BCUT2D eigenvalue weighted by Crippen LogP contribution is -2.30. The zero-order valence-electron chi connectivity index (χ0n) is 14.9. The SMILES string of the molecule is COc1ccc(CN(Cc2ccccc2)S(=O)(=O)c2ccc(O)cc2)cc1. The lowest BCUT2D eigenvalue weighted by Gasteiger charge is -2.23. The molecule has 0 fully saturated rings. The second-order valence-electron chi connectivity index (χ2n) is 6.10. The van der Waals surface area contributed by atoms with Crippen LogP contribution in [0.5, 0.6) is 11.5 Å². The molecule has 0 saturated carbocycles. The molecule has 3 aromatic carbocycles. The number of hydrogen-bond acceptors (Lipinski definition) is 4. The van der Waals surface area contributed by atoms with Gasteiger partial charge in [0.1, 0.15) is 11.5 Å². The molecule has 140 valence electrons. The third-order valence-electron chi connectivity index (χ3n) is 4.19. The molecule has 5 nitrogen and oxygen atoms in total. The van der Waals surface area contributed by atoms with Crippen molar-refractivity contribution in [2.24, 2.45) is 0 Å². The van der Waals surface area contributed by atoms with E-state index in [1.807, 2.05) is 54.6 Å². The van der Waals surface area contributed by atoms with E-state index in [1.165, 1.54) is 28.6 Å². The summed E-state index contributed by atoms with van der Waals surface area (Å²) in [5.74, 6) is 0.744. The monoisotopic (exact) mass is 383 g/mol. The van der Waals surface area contributed by atoms with Gasteiger partial charge in [0, 0.05) is 13.1 Å². The van der Waals surface area contributed by atoms with Crippen LogP contribution in [0.15, 0.2) is 83.8 Å². The Hall–Kier alpha value is -2.83. The quantitative estimate of drug-likeness (QED) is 0.674. The molecule has 0 heterocycles. The number of phenols is 1. The van der Waals surface area contributed by atoms with Crippen molar-refractivity contribution in [2.75, 3.05) is 7.11 Å². The summed E-state index contributed by atoms with van der Waals surface area (Å²) < 4.78 is 33.0. The first-order chi connectivity index (χ1) is 13.0. The predicted molar refractivity (Wildman–Crippen MR) is 104 cm³/mol. The van der Waals surface area contributed by atoms with Crippen molar-refractivity contribution < 1.29 is 18.3 Å². The van der Waals surface area contributed by atoms with Gasteiger partial charge in [-0.05, 0) is 47.5 Å². The lowest BCUT2D eigenvalue weighted by molar-refractivity contribution is 0.399. The fourth-order valence-electron chi connectivity index (χ4n) is 2.71. The lowest BCUT2D eigenvalue weighted by atomic mass is 10.2. The highest BCUT2D eigenvalue weighted by Gasteiger charge is 2.25. The molecule has 0 amide bonds. The van der Waals surface area contributed by atoms with E-state index in [-0.39, 0.29) is 23.7 Å². The Morgan fingerprint density at radius 3 is 1.93 bits per heavy atom. The number of phenolic OH excluding ortho intramolecular Hbond substituents is 1. The zero-order valence-corrected chi connectivity index (χ0v) is 15.8. The highest BCUT2D eigenvalue weighted by atomic mass is 32.2. The van der Waals surface area contributed by atoms with Gasteiger partial charge in [-0.15, -0.1) is 0 Å². The fourth-order valence-corrected chi connectivity index (χ4v) is 4.13. The Labute approximate surface area is 159 Å². The van der Waals surface area contributed by atoms with Gasteiger partial charge in [-0.1, -0.05) is 42.5 Å². The molecular formula is C21H21NO4S. The Bertz CT molecular complexity index is 969. The molecule has 1 N–H and O–H groups in total. The van der Waals surface area contributed by atoms with E-state index < -0.39 is 10.0 Å². The number of ether oxygens (including phenoxy) is 1. The molecule has 0 bridgehead atoms. The van der Waals surface area contributed by atoms with E-state index >= 15 is 0 Å². The summed E-state index contributed by atoms with van der Waals surface area (Å²) in [6.07, 6.45) is 0. The van der Waals surface area contributed by atoms with Crippen molar-refractivity contribution >= 4 is 10.0 Å². The molecule has 0 spiro atoms. The van der Waals surface area contributed by atoms with Crippen LogP contribution >= 0.6 is 0 Å². The van der Waals surface area contributed by atoms with Crippen molar-refractivity contribution in [3.8, 4) is 11.5 Å². The minimum absolute atomic E-state index is 0.0266. The van der Waals surface area contributed by atoms with E-state index in [0.29, 0.717) is 0 Å². The van der Waals surface area contributed by atoms with Crippen LogP contribution in [-0.4, -0.2) is 24.9 Å². The Balaban J connectivity index is 1.94. The summed E-state index contributed by atoms with van der Waals surface area (Å²) in [6, 6.07) is 22.3. The van der Waals surface area contributed by atoms with Gasteiger partial charge in [0.05, 0.1) is 12.0 Å². The van der Waals surface area contributed by atoms with E-state index in [0.717, 1.165) is 16.9 Å². The second-order valence-corrected chi connectivity index (χ2v) is 8.04. The smallest absolute Gasteiger partial charge is 0.243 e. The number of hydrogen-bond donors (Lipinski definition) is 1. The van der Waals surface area contributed by atoms with Crippen molar-refractivity contribution in [3.05, 3.63) is 90.0 Å². The summed E-state index contributed by atoms with van der Waals surface area (Å²) in [7, 11) is -2.15. The highest BCUT2D eigenvalue weighted by Crippen LogP contribution is 2.23. The Kier molecular flexibility index (Phi) is 5.78. The first kappa shape index (κ1) is 18.9. The summed E-state index contributed by atoms with van der Waals surface area (Å²) in [6.45, 7) is 0.470. The first-order valence-electron chi connectivity index (χ1n) is 8.45. The number of rotatable bonds is 7. The van der Waals surface area contributed by atoms with Crippen LogP contribution in [0.1, 0.15) is 11.1 Å². The van der Waals surface area contributed by atoms with Gasteiger partial charge in [-0.3, -0.25) is 0 Å². The topological polar surface area (TPSA) is 66.8 Å². The van der Waals surface area contributed by atoms with Gasteiger partial charge < -0.3 is 9.84 Å². The number of aromatic hydroxyl groups is 1. The molecule has 0 radical (unpaired) electrons. The van der Waals surface area contributed by atoms with Crippen molar-refractivity contribution in [1.29, 1.82) is 0 Å². The third kappa shape index (κ3) is 4.67. The van der Waals surface area contributed by atoms with Crippen LogP contribution in [0.25, 0.3) is 0 Å². The average Bonchev–Trinajstić information content (AvgIpc) is 2.69. The summed E-state index contributed by atoms with van der Waals surface area (Å²) in [5, 5.41) is 9.46. The highest BCUT2D eigenvalue weighted by molar-refractivity contribution is 7.89. The Morgan fingerprint density at radius 2 is 1.37 bits per heavy atom. The van der Waals surface area contributed by atoms with Gasteiger partial charge in [0.2, 0.25) is 10.0 Å². The largest absolute Gasteiger partial charge is 0.508 e. The maximum absolute atomic E-state index is 13.2. The molecule has 0 aromatic heterocycles. The minimum Gasteiger partial charge on any atom is -0.508 e. The van der Waals surface area contributed by atoms with Crippen LogP contribution in [0, 0.1) is 0 Å². The van der Waals surface area contributed by atoms with Gasteiger partial charge in [-0.25, -0.2) is 8.42 Å². The summed E-state index contributed by atoms with van der Waals surface area (Å²) in [5.41, 5.74) is 1.75. The standard InChI is InChI=1S/C21H21NO4S/c1-26-20-11-7-18(8-12-20)16-22(15-17-5-3-2-4-6-17)27(24,25)21-13-9-19(23)10-14-21/h2-14,23H,15-16H2,1H3. The van der Waals surface area contributed by atoms with Gasteiger partial charge in [0.25, 0.3) is 0 Å². The summed E-state index contributed by atoms with van der Waals surface area (Å²) >= 11 is 0. The van der Waals surface area contributed by atoms with Crippen LogP contribution in [-0.2, 0) is 23.1 Å². The van der Waals surface area contributed by atoms with Crippen molar-refractivity contribution in [2.45, 2.75) is 18.0 Å². The van der Waals surface area contributed by atoms with Gasteiger partial charge in [-0.2, -0.15) is 4.31 Å². The second kappa shape index (κ2) is 8.24. The van der Waals surface area contributed by atoms with Crippen LogP contribution in [0.3, 0.4) is 0 Å². The van der Waals surface area contributed by atoms with Crippen molar-refractivity contribution in [3.63, 3.8) is 0 Å².